The first-order valence-corrected chi connectivity index (χ1v) is 18.7. The summed E-state index contributed by atoms with van der Waals surface area (Å²) >= 11 is 0. The van der Waals surface area contributed by atoms with Crippen LogP contribution in [0.4, 0.5) is 4.79 Å². The van der Waals surface area contributed by atoms with Gasteiger partial charge in [-0.1, -0.05) is 43.2 Å². The maximum Gasteiger partial charge on any atom is 0.405 e. The Labute approximate surface area is 285 Å². The van der Waals surface area contributed by atoms with E-state index in [-0.39, 0.29) is 25.8 Å². The maximum atomic E-state index is 14.4. The normalized spacial score (nSPS) is 30.9. The fourth-order valence-electron chi connectivity index (χ4n) is 7.79. The Hall–Kier alpha value is -4.20. The molecule has 1 aromatic carbocycles. The number of amides is 4. The Morgan fingerprint density at radius 3 is 2.63 bits per heavy atom. The minimum Gasteiger partial charge on any atom is -0.483 e. The van der Waals surface area contributed by atoms with Crippen LogP contribution in [0, 0.1) is 12.8 Å². The molecule has 7 rings (SSSR count). The highest BCUT2D eigenvalue weighted by Crippen LogP contribution is 2.49. The van der Waals surface area contributed by atoms with Crippen molar-refractivity contribution in [3.63, 3.8) is 0 Å². The summed E-state index contributed by atoms with van der Waals surface area (Å²) in [6.45, 7) is 3.48. The lowest BCUT2D eigenvalue weighted by molar-refractivity contribution is -0.141. The van der Waals surface area contributed by atoms with E-state index >= 15 is 0 Å². The van der Waals surface area contributed by atoms with E-state index in [1.54, 1.807) is 6.92 Å². The number of fused-ring (bicyclic) bond motifs is 5. The van der Waals surface area contributed by atoms with Crippen molar-refractivity contribution >= 4 is 44.7 Å². The van der Waals surface area contributed by atoms with E-state index in [1.165, 1.54) is 4.90 Å². The number of para-hydroxylation sites is 1. The lowest BCUT2D eigenvalue weighted by Crippen LogP contribution is -2.58. The molecule has 1 aromatic heterocycles. The monoisotopic (exact) mass is 693 g/mol. The number of aryl methyl sites for hydroxylation is 2. The quantitative estimate of drug-likeness (QED) is 0.349. The van der Waals surface area contributed by atoms with Crippen molar-refractivity contribution in [3.8, 4) is 5.75 Å². The molecular formula is C35H43N5O8S. The van der Waals surface area contributed by atoms with Gasteiger partial charge in [0.1, 0.15) is 29.0 Å². The Morgan fingerprint density at radius 1 is 1.10 bits per heavy atom. The largest absolute Gasteiger partial charge is 0.483 e. The third kappa shape index (κ3) is 6.01. The fraction of sp³-hybridized carbons (Fsp3) is 0.571. The van der Waals surface area contributed by atoms with Gasteiger partial charge in [0.2, 0.25) is 21.8 Å². The molecule has 14 heteroatoms. The highest BCUT2D eigenvalue weighted by molar-refractivity contribution is 7.91. The molecule has 49 heavy (non-hydrogen) atoms. The Bertz CT molecular complexity index is 1880. The van der Waals surface area contributed by atoms with Crippen LogP contribution >= 0.6 is 0 Å². The average Bonchev–Trinajstić information content (AvgIpc) is 3.94. The Morgan fingerprint density at radius 2 is 1.88 bits per heavy atom. The molecule has 2 saturated carbocycles. The predicted molar refractivity (Wildman–Crippen MR) is 179 cm³/mol. The molecule has 13 nitrogen and oxygen atoms in total. The molecule has 3 aliphatic heterocycles. The lowest BCUT2D eigenvalue weighted by atomic mass is 9.87. The van der Waals surface area contributed by atoms with Crippen molar-refractivity contribution in [2.24, 2.45) is 5.92 Å². The molecule has 1 saturated heterocycles. The van der Waals surface area contributed by atoms with Crippen LogP contribution in [0.1, 0.15) is 82.4 Å². The first kappa shape index (κ1) is 33.3. The van der Waals surface area contributed by atoms with E-state index in [4.69, 9.17) is 9.72 Å². The van der Waals surface area contributed by atoms with Crippen LogP contribution in [0.25, 0.3) is 10.9 Å². The molecule has 3 fully saturated rings. The maximum absolute atomic E-state index is 14.4. The molecule has 1 spiro atoms. The van der Waals surface area contributed by atoms with E-state index in [2.05, 4.69) is 15.4 Å². The van der Waals surface area contributed by atoms with Crippen LogP contribution in [0.2, 0.25) is 0 Å². The Balaban J connectivity index is 1.23. The molecule has 5 aliphatic rings. The van der Waals surface area contributed by atoms with E-state index in [0.717, 1.165) is 29.3 Å². The minimum absolute atomic E-state index is 0.0304. The van der Waals surface area contributed by atoms with E-state index in [1.807, 2.05) is 43.3 Å². The standard InChI is InChI=1S/C35H43N5O8S/c1-21-28-24(23-11-8-9-12-25(23)36-21)14-15-34(48-28)19-27-29(41)38-35(31(43)39-49(46,47)33(2)16-17-33)18-22(35)10-6-4-3-5-7-13-26(37-32(44)45)30(42)40(27)20-34/h6,8-12,22,26-27,37H,3-5,7,13-20H2,1-2H3,(H,38,41)(H,39,43)(H,44,45)/t22-,26+,27+,34-,35-/m1/s1. The van der Waals surface area contributed by atoms with Gasteiger partial charge in [-0.2, -0.15) is 0 Å². The van der Waals surface area contributed by atoms with Gasteiger partial charge in [-0.15, -0.1) is 0 Å². The summed E-state index contributed by atoms with van der Waals surface area (Å²) in [5, 5.41) is 15.9. The second-order valence-electron chi connectivity index (χ2n) is 14.7. The zero-order chi connectivity index (χ0) is 34.8. The van der Waals surface area contributed by atoms with Gasteiger partial charge >= 0.3 is 6.09 Å². The number of hydrogen-bond acceptors (Lipinski definition) is 8. The molecule has 0 unspecified atom stereocenters. The number of sulfonamides is 1. The number of ether oxygens (including phenoxy) is 1. The predicted octanol–water partition coefficient (Wildman–Crippen LogP) is 3.24. The molecule has 4 amide bonds. The highest BCUT2D eigenvalue weighted by Gasteiger charge is 2.64. The summed E-state index contributed by atoms with van der Waals surface area (Å²) < 4.78 is 34.1. The van der Waals surface area contributed by atoms with Crippen LogP contribution in [-0.4, -0.2) is 81.7 Å². The number of hydrogen-bond donors (Lipinski definition) is 4. The zero-order valence-electron chi connectivity index (χ0n) is 27.8. The summed E-state index contributed by atoms with van der Waals surface area (Å²) in [5.41, 5.74) is 0.0691. The number of nitrogens with zero attached hydrogens (tertiary/aromatic N) is 2. The van der Waals surface area contributed by atoms with E-state index < -0.39 is 67.7 Å². The van der Waals surface area contributed by atoms with Gasteiger partial charge in [-0.05, 0) is 71.3 Å². The highest BCUT2D eigenvalue weighted by atomic mass is 32.2. The second-order valence-corrected chi connectivity index (χ2v) is 16.9. The average molecular weight is 694 g/mol. The molecule has 4 N–H and O–H groups in total. The number of benzene rings is 1. The van der Waals surface area contributed by atoms with Gasteiger partial charge in [0.15, 0.2) is 0 Å². The summed E-state index contributed by atoms with van der Waals surface area (Å²) in [7, 11) is -3.97. The van der Waals surface area contributed by atoms with Crippen molar-refractivity contribution in [2.45, 2.75) is 112 Å². The van der Waals surface area contributed by atoms with Crippen LogP contribution in [-0.2, 0) is 30.8 Å². The minimum atomic E-state index is -3.97. The molecule has 0 bridgehead atoms. The molecule has 2 aliphatic carbocycles. The second kappa shape index (κ2) is 12.0. The number of carbonyl (C=O) groups is 4. The van der Waals surface area contributed by atoms with Crippen LogP contribution in [0.3, 0.4) is 0 Å². The topological polar surface area (TPSA) is 184 Å². The number of aromatic nitrogens is 1. The number of rotatable bonds is 4. The lowest BCUT2D eigenvalue weighted by Gasteiger charge is -2.36. The first-order valence-electron chi connectivity index (χ1n) is 17.2. The van der Waals surface area contributed by atoms with Gasteiger partial charge in [0, 0.05) is 23.3 Å². The van der Waals surface area contributed by atoms with Gasteiger partial charge in [0.05, 0.1) is 22.5 Å². The number of allylic oxidation sites excluding steroid dienone is 1. The molecule has 262 valence electrons. The van der Waals surface area contributed by atoms with Crippen LogP contribution in [0.15, 0.2) is 36.4 Å². The number of pyridine rings is 1. The third-order valence-electron chi connectivity index (χ3n) is 11.2. The molecule has 0 radical (unpaired) electrons. The zero-order valence-corrected chi connectivity index (χ0v) is 28.6. The number of carboxylic acid groups (broad SMARTS) is 1. The van der Waals surface area contributed by atoms with Gasteiger partial charge in [0.25, 0.3) is 5.91 Å². The van der Waals surface area contributed by atoms with Crippen molar-refractivity contribution in [3.05, 3.63) is 47.7 Å². The van der Waals surface area contributed by atoms with E-state index in [0.29, 0.717) is 50.0 Å². The van der Waals surface area contributed by atoms with E-state index in [9.17, 15) is 32.7 Å². The fourth-order valence-corrected chi connectivity index (χ4v) is 9.10. The first-order chi connectivity index (χ1) is 23.3. The van der Waals surface area contributed by atoms with Crippen molar-refractivity contribution in [1.29, 1.82) is 0 Å². The Kier molecular flexibility index (Phi) is 8.15. The van der Waals surface area contributed by atoms with Crippen molar-refractivity contribution in [1.82, 2.24) is 25.2 Å². The van der Waals surface area contributed by atoms with Gasteiger partial charge in [-0.25, -0.2) is 18.2 Å². The van der Waals surface area contributed by atoms with Gasteiger partial charge in [-0.3, -0.25) is 19.1 Å². The summed E-state index contributed by atoms with van der Waals surface area (Å²) in [6, 6.07) is 5.63. The van der Waals surface area contributed by atoms with Crippen LogP contribution < -0.4 is 20.1 Å². The van der Waals surface area contributed by atoms with Crippen LogP contribution in [0.5, 0.6) is 5.75 Å². The molecule has 5 atom stereocenters. The molecule has 4 heterocycles. The van der Waals surface area contributed by atoms with Crippen molar-refractivity contribution in [2.75, 3.05) is 6.54 Å². The third-order valence-corrected chi connectivity index (χ3v) is 13.3. The molecule has 2 aromatic rings. The SMILES string of the molecule is Cc1nc2ccccc2c2c1O[C@]1(CC2)C[C@H]2C(=O)N[C@]3(C(=O)NS(=O)(=O)C4(C)CC4)C[C@H]3C=CCCCCC[C@H](NC(=O)O)C(=O)N2C1. The van der Waals surface area contributed by atoms with Gasteiger partial charge < -0.3 is 25.4 Å². The molecular weight excluding hydrogens is 650 g/mol. The van der Waals surface area contributed by atoms with Crippen molar-refractivity contribution < 1.29 is 37.4 Å². The number of nitrogens with one attached hydrogen (secondary N) is 3. The number of carbonyl (C=O) groups excluding carboxylic acids is 3. The summed E-state index contributed by atoms with van der Waals surface area (Å²) in [5.74, 6) is -1.75. The summed E-state index contributed by atoms with van der Waals surface area (Å²) in [6.07, 6.45) is 7.82. The smallest absolute Gasteiger partial charge is 0.405 e. The summed E-state index contributed by atoms with van der Waals surface area (Å²) in [4.78, 5) is 60.4.